The van der Waals surface area contributed by atoms with Gasteiger partial charge in [0.15, 0.2) is 0 Å². The predicted octanol–water partition coefficient (Wildman–Crippen LogP) is 2.10. The highest BCUT2D eigenvalue weighted by atomic mass is 19.1. The van der Waals surface area contributed by atoms with Crippen molar-refractivity contribution in [2.45, 2.75) is 38.8 Å². The number of carbonyl (C=O) groups excluding carboxylic acids is 2. The molecule has 0 unspecified atom stereocenters. The van der Waals surface area contributed by atoms with Gasteiger partial charge in [0, 0.05) is 25.7 Å². The van der Waals surface area contributed by atoms with Crippen LogP contribution in [0.3, 0.4) is 0 Å². The standard InChI is InChI=1S/C19H21FN4O2/c1-2-4-17-16(9-21-12-22-17)19(26)23-15-8-18(25)24(11-15)10-13-5-3-6-14(20)7-13/h3,5-7,9,12,15H,2,4,8,10-11H2,1H3,(H,23,26)/t15-/m1/s1. The van der Waals surface area contributed by atoms with Crippen molar-refractivity contribution in [2.75, 3.05) is 6.54 Å². The monoisotopic (exact) mass is 356 g/mol. The van der Waals surface area contributed by atoms with Gasteiger partial charge in [-0.1, -0.05) is 25.5 Å². The Balaban J connectivity index is 1.63. The van der Waals surface area contributed by atoms with Gasteiger partial charge < -0.3 is 10.2 Å². The number of amides is 2. The van der Waals surface area contributed by atoms with Crippen molar-refractivity contribution in [3.05, 3.63) is 59.4 Å². The molecule has 1 aromatic carbocycles. The van der Waals surface area contributed by atoms with E-state index in [2.05, 4.69) is 15.3 Å². The van der Waals surface area contributed by atoms with Crippen molar-refractivity contribution in [3.8, 4) is 0 Å². The Bertz CT molecular complexity index is 812. The fraction of sp³-hybridized carbons (Fsp3) is 0.368. The van der Waals surface area contributed by atoms with Gasteiger partial charge in [-0.05, 0) is 24.1 Å². The van der Waals surface area contributed by atoms with Crippen LogP contribution in [0.1, 0.15) is 41.4 Å². The van der Waals surface area contributed by atoms with Crippen molar-refractivity contribution in [3.63, 3.8) is 0 Å². The zero-order valence-corrected chi connectivity index (χ0v) is 14.6. The fourth-order valence-corrected chi connectivity index (χ4v) is 3.12. The highest BCUT2D eigenvalue weighted by molar-refractivity contribution is 5.95. The Hall–Kier alpha value is -2.83. The molecule has 0 aliphatic carbocycles. The molecular formula is C19H21FN4O2. The number of aromatic nitrogens is 2. The first kappa shape index (κ1) is 18.0. The highest BCUT2D eigenvalue weighted by Gasteiger charge is 2.31. The number of carbonyl (C=O) groups is 2. The van der Waals surface area contributed by atoms with Crippen LogP contribution in [-0.4, -0.2) is 39.3 Å². The van der Waals surface area contributed by atoms with Crippen LogP contribution in [0.4, 0.5) is 4.39 Å². The SMILES string of the molecule is CCCc1ncncc1C(=O)N[C@@H]1CC(=O)N(Cc2cccc(F)c2)C1. The predicted molar refractivity (Wildman–Crippen MR) is 93.7 cm³/mol. The second-order valence-electron chi connectivity index (χ2n) is 6.41. The van der Waals surface area contributed by atoms with Gasteiger partial charge in [0.25, 0.3) is 5.91 Å². The number of aryl methyl sites for hydroxylation is 1. The summed E-state index contributed by atoms with van der Waals surface area (Å²) in [7, 11) is 0. The first-order valence-electron chi connectivity index (χ1n) is 8.68. The molecule has 0 spiro atoms. The molecule has 6 nitrogen and oxygen atoms in total. The van der Waals surface area contributed by atoms with Gasteiger partial charge in [-0.25, -0.2) is 14.4 Å². The molecule has 7 heteroatoms. The van der Waals surface area contributed by atoms with E-state index in [1.54, 1.807) is 17.0 Å². The van der Waals surface area contributed by atoms with Gasteiger partial charge in [-0.2, -0.15) is 0 Å². The van der Waals surface area contributed by atoms with Gasteiger partial charge in [-0.3, -0.25) is 9.59 Å². The molecular weight excluding hydrogens is 335 g/mol. The lowest BCUT2D eigenvalue weighted by Crippen LogP contribution is -2.37. The van der Waals surface area contributed by atoms with Gasteiger partial charge >= 0.3 is 0 Å². The number of likely N-dealkylation sites (tertiary alicyclic amines) is 1. The second-order valence-corrected chi connectivity index (χ2v) is 6.41. The van der Waals surface area contributed by atoms with E-state index >= 15 is 0 Å². The first-order valence-corrected chi connectivity index (χ1v) is 8.68. The molecule has 1 aliphatic rings. The molecule has 2 amide bonds. The Morgan fingerprint density at radius 2 is 2.27 bits per heavy atom. The van der Waals surface area contributed by atoms with Crippen LogP contribution in [0, 0.1) is 5.82 Å². The van der Waals surface area contributed by atoms with Crippen LogP contribution in [0.25, 0.3) is 0 Å². The van der Waals surface area contributed by atoms with E-state index in [0.29, 0.717) is 30.8 Å². The average Bonchev–Trinajstić information content (AvgIpc) is 2.94. The zero-order chi connectivity index (χ0) is 18.5. The third kappa shape index (κ3) is 4.22. The van der Waals surface area contributed by atoms with E-state index in [1.165, 1.54) is 24.7 Å². The molecule has 0 saturated carbocycles. The molecule has 26 heavy (non-hydrogen) atoms. The summed E-state index contributed by atoms with van der Waals surface area (Å²) in [4.78, 5) is 34.5. The van der Waals surface area contributed by atoms with E-state index in [1.807, 2.05) is 6.92 Å². The number of nitrogens with zero attached hydrogens (tertiary/aromatic N) is 3. The Kier molecular flexibility index (Phi) is 5.55. The number of rotatable bonds is 6. The lowest BCUT2D eigenvalue weighted by atomic mass is 10.1. The molecule has 1 N–H and O–H groups in total. The molecule has 2 heterocycles. The van der Waals surface area contributed by atoms with Crippen molar-refractivity contribution in [1.29, 1.82) is 0 Å². The minimum absolute atomic E-state index is 0.0577. The average molecular weight is 356 g/mol. The topological polar surface area (TPSA) is 75.2 Å². The van der Waals surface area contributed by atoms with Gasteiger partial charge in [0.05, 0.1) is 17.3 Å². The van der Waals surface area contributed by atoms with Crippen LogP contribution in [0.2, 0.25) is 0 Å². The third-order valence-electron chi connectivity index (χ3n) is 4.34. The normalized spacial score (nSPS) is 16.8. The van der Waals surface area contributed by atoms with Crippen LogP contribution >= 0.6 is 0 Å². The lowest BCUT2D eigenvalue weighted by molar-refractivity contribution is -0.128. The van der Waals surface area contributed by atoms with Crippen LogP contribution in [0.5, 0.6) is 0 Å². The Morgan fingerprint density at radius 1 is 1.42 bits per heavy atom. The first-order chi connectivity index (χ1) is 12.6. The summed E-state index contributed by atoms with van der Waals surface area (Å²) >= 11 is 0. The molecule has 2 aromatic rings. The van der Waals surface area contributed by atoms with E-state index in [0.717, 1.165) is 12.0 Å². The summed E-state index contributed by atoms with van der Waals surface area (Å²) in [6, 6.07) is 5.90. The number of nitrogens with one attached hydrogen (secondary N) is 1. The number of hydrogen-bond acceptors (Lipinski definition) is 4. The number of halogens is 1. The van der Waals surface area contributed by atoms with Crippen LogP contribution in [0.15, 0.2) is 36.8 Å². The Morgan fingerprint density at radius 3 is 3.04 bits per heavy atom. The maximum Gasteiger partial charge on any atom is 0.254 e. The molecule has 0 bridgehead atoms. The third-order valence-corrected chi connectivity index (χ3v) is 4.34. The molecule has 1 saturated heterocycles. The van der Waals surface area contributed by atoms with Crippen molar-refractivity contribution < 1.29 is 14.0 Å². The molecule has 136 valence electrons. The van der Waals surface area contributed by atoms with E-state index < -0.39 is 0 Å². The summed E-state index contributed by atoms with van der Waals surface area (Å²) in [6.07, 6.45) is 4.75. The van der Waals surface area contributed by atoms with Crippen molar-refractivity contribution >= 4 is 11.8 Å². The summed E-state index contributed by atoms with van der Waals surface area (Å²) in [5.41, 5.74) is 1.89. The molecule has 1 aliphatic heterocycles. The van der Waals surface area contributed by atoms with Crippen molar-refractivity contribution in [2.24, 2.45) is 0 Å². The minimum atomic E-state index is -0.327. The maximum absolute atomic E-state index is 13.3. The molecule has 1 aromatic heterocycles. The smallest absolute Gasteiger partial charge is 0.254 e. The van der Waals surface area contributed by atoms with E-state index in [4.69, 9.17) is 0 Å². The zero-order valence-electron chi connectivity index (χ0n) is 14.6. The molecule has 1 atom stereocenters. The second kappa shape index (κ2) is 8.03. The van der Waals surface area contributed by atoms with Gasteiger partial charge in [-0.15, -0.1) is 0 Å². The van der Waals surface area contributed by atoms with E-state index in [-0.39, 0.29) is 30.1 Å². The molecule has 0 radical (unpaired) electrons. The minimum Gasteiger partial charge on any atom is -0.347 e. The van der Waals surface area contributed by atoms with E-state index in [9.17, 15) is 14.0 Å². The molecule has 3 rings (SSSR count). The summed E-state index contributed by atoms with van der Waals surface area (Å²) in [5.74, 6) is -0.649. The van der Waals surface area contributed by atoms with Crippen molar-refractivity contribution in [1.82, 2.24) is 20.2 Å². The molecule has 1 fully saturated rings. The van der Waals surface area contributed by atoms with Crippen LogP contribution < -0.4 is 5.32 Å². The lowest BCUT2D eigenvalue weighted by Gasteiger charge is -2.17. The number of hydrogen-bond donors (Lipinski definition) is 1. The Labute approximate surface area is 151 Å². The van der Waals surface area contributed by atoms with Gasteiger partial charge in [0.2, 0.25) is 5.91 Å². The van der Waals surface area contributed by atoms with Crippen LogP contribution in [-0.2, 0) is 17.8 Å². The number of benzene rings is 1. The quantitative estimate of drug-likeness (QED) is 0.860. The summed E-state index contributed by atoms with van der Waals surface area (Å²) < 4.78 is 13.3. The largest absolute Gasteiger partial charge is 0.347 e. The fourth-order valence-electron chi connectivity index (χ4n) is 3.12. The van der Waals surface area contributed by atoms with Gasteiger partial charge in [0.1, 0.15) is 12.1 Å². The maximum atomic E-state index is 13.3. The summed E-state index contributed by atoms with van der Waals surface area (Å²) in [6.45, 7) is 2.75. The highest BCUT2D eigenvalue weighted by Crippen LogP contribution is 2.17. The summed E-state index contributed by atoms with van der Waals surface area (Å²) in [5, 5.41) is 2.90.